The second-order valence-corrected chi connectivity index (χ2v) is 5.74. The van der Waals surface area contributed by atoms with Crippen LogP contribution in [-0.4, -0.2) is 34.9 Å². The molecule has 116 valence electrons. The second kappa shape index (κ2) is 8.29. The quantitative estimate of drug-likeness (QED) is 0.350. The van der Waals surface area contributed by atoms with E-state index in [-0.39, 0.29) is 11.7 Å². The van der Waals surface area contributed by atoms with Gasteiger partial charge < -0.3 is 15.8 Å². The molecule has 0 fully saturated rings. The number of rotatable bonds is 7. The van der Waals surface area contributed by atoms with E-state index < -0.39 is 0 Å². The Labute approximate surface area is 126 Å². The predicted octanol–water partition coefficient (Wildman–Crippen LogP) is 2.16. The minimum Gasteiger partial charge on any atom is -0.409 e. The standard InChI is InChI=1S/C16H25N3O2/c1-12(2)11-19(8-7-15(17)18-21)16(20)10-14-6-4-5-13(3)9-14/h4-6,9,12,21H,7-8,10-11H2,1-3H3,(H2,17,18). The summed E-state index contributed by atoms with van der Waals surface area (Å²) in [6, 6.07) is 7.95. The van der Waals surface area contributed by atoms with Crippen LogP contribution in [0.15, 0.2) is 29.4 Å². The molecule has 0 aliphatic rings. The highest BCUT2D eigenvalue weighted by Crippen LogP contribution is 2.09. The molecule has 0 heterocycles. The van der Waals surface area contributed by atoms with Crippen molar-refractivity contribution in [3.63, 3.8) is 0 Å². The van der Waals surface area contributed by atoms with Crippen LogP contribution >= 0.6 is 0 Å². The van der Waals surface area contributed by atoms with Gasteiger partial charge in [0.05, 0.1) is 6.42 Å². The highest BCUT2D eigenvalue weighted by molar-refractivity contribution is 5.82. The molecule has 0 atom stereocenters. The molecule has 5 nitrogen and oxygen atoms in total. The van der Waals surface area contributed by atoms with Gasteiger partial charge in [0.25, 0.3) is 0 Å². The Morgan fingerprint density at radius 1 is 1.43 bits per heavy atom. The molecule has 1 aromatic carbocycles. The number of hydrogen-bond donors (Lipinski definition) is 2. The Kier molecular flexibility index (Phi) is 6.72. The zero-order valence-electron chi connectivity index (χ0n) is 13.0. The van der Waals surface area contributed by atoms with E-state index in [2.05, 4.69) is 19.0 Å². The van der Waals surface area contributed by atoms with Crippen LogP contribution in [0, 0.1) is 12.8 Å². The summed E-state index contributed by atoms with van der Waals surface area (Å²) >= 11 is 0. The maximum Gasteiger partial charge on any atom is 0.227 e. The first-order valence-electron chi connectivity index (χ1n) is 7.22. The smallest absolute Gasteiger partial charge is 0.227 e. The zero-order chi connectivity index (χ0) is 15.8. The molecule has 3 N–H and O–H groups in total. The fraction of sp³-hybridized carbons (Fsp3) is 0.500. The van der Waals surface area contributed by atoms with Crippen LogP contribution < -0.4 is 5.73 Å². The molecule has 1 amide bonds. The Bertz CT molecular complexity index is 498. The van der Waals surface area contributed by atoms with Gasteiger partial charge in [-0.25, -0.2) is 0 Å². The highest BCUT2D eigenvalue weighted by Gasteiger charge is 2.16. The molecule has 0 radical (unpaired) electrons. The number of benzene rings is 1. The lowest BCUT2D eigenvalue weighted by atomic mass is 10.1. The average Bonchev–Trinajstić information content (AvgIpc) is 2.42. The average molecular weight is 291 g/mol. The van der Waals surface area contributed by atoms with Gasteiger partial charge in [-0.05, 0) is 18.4 Å². The monoisotopic (exact) mass is 291 g/mol. The van der Waals surface area contributed by atoms with E-state index in [1.54, 1.807) is 4.90 Å². The van der Waals surface area contributed by atoms with Gasteiger partial charge in [0.2, 0.25) is 5.91 Å². The molecular formula is C16H25N3O2. The molecule has 0 aliphatic carbocycles. The maximum atomic E-state index is 12.4. The summed E-state index contributed by atoms with van der Waals surface area (Å²) in [5, 5.41) is 11.5. The molecule has 0 saturated carbocycles. The first kappa shape index (κ1) is 17.0. The lowest BCUT2D eigenvalue weighted by molar-refractivity contribution is -0.130. The van der Waals surface area contributed by atoms with E-state index in [0.29, 0.717) is 31.8 Å². The lowest BCUT2D eigenvalue weighted by Gasteiger charge is -2.24. The molecule has 21 heavy (non-hydrogen) atoms. The van der Waals surface area contributed by atoms with Crippen molar-refractivity contribution in [2.24, 2.45) is 16.8 Å². The fourth-order valence-corrected chi connectivity index (χ4v) is 2.17. The molecule has 0 saturated heterocycles. The third-order valence-corrected chi connectivity index (χ3v) is 3.14. The van der Waals surface area contributed by atoms with Crippen molar-refractivity contribution in [3.8, 4) is 0 Å². The van der Waals surface area contributed by atoms with Crippen LogP contribution in [0.4, 0.5) is 0 Å². The Morgan fingerprint density at radius 3 is 2.71 bits per heavy atom. The predicted molar refractivity (Wildman–Crippen MR) is 84.3 cm³/mol. The van der Waals surface area contributed by atoms with E-state index in [9.17, 15) is 4.79 Å². The molecule has 1 rings (SSSR count). The van der Waals surface area contributed by atoms with Crippen LogP contribution in [-0.2, 0) is 11.2 Å². The Hall–Kier alpha value is -2.04. The van der Waals surface area contributed by atoms with E-state index in [1.165, 1.54) is 0 Å². The van der Waals surface area contributed by atoms with Crippen LogP contribution in [0.2, 0.25) is 0 Å². The van der Waals surface area contributed by atoms with Crippen molar-refractivity contribution >= 4 is 11.7 Å². The number of carbonyl (C=O) groups is 1. The maximum absolute atomic E-state index is 12.4. The van der Waals surface area contributed by atoms with Crippen molar-refractivity contribution in [2.45, 2.75) is 33.6 Å². The number of nitrogens with two attached hydrogens (primary N) is 1. The third kappa shape index (κ3) is 6.29. The minimum absolute atomic E-state index is 0.0695. The van der Waals surface area contributed by atoms with Crippen LogP contribution in [0.25, 0.3) is 0 Å². The topological polar surface area (TPSA) is 78.9 Å². The summed E-state index contributed by atoms with van der Waals surface area (Å²) in [6.07, 6.45) is 0.757. The van der Waals surface area contributed by atoms with E-state index in [1.807, 2.05) is 31.2 Å². The fourth-order valence-electron chi connectivity index (χ4n) is 2.17. The van der Waals surface area contributed by atoms with Crippen molar-refractivity contribution in [1.29, 1.82) is 0 Å². The molecule has 0 spiro atoms. The number of amides is 1. The van der Waals surface area contributed by atoms with Crippen LogP contribution in [0.1, 0.15) is 31.4 Å². The van der Waals surface area contributed by atoms with Crippen LogP contribution in [0.3, 0.4) is 0 Å². The lowest BCUT2D eigenvalue weighted by Crippen LogP contribution is -2.37. The van der Waals surface area contributed by atoms with E-state index >= 15 is 0 Å². The van der Waals surface area contributed by atoms with Crippen LogP contribution in [0.5, 0.6) is 0 Å². The number of aryl methyl sites for hydroxylation is 1. The van der Waals surface area contributed by atoms with Gasteiger partial charge in [-0.1, -0.05) is 48.8 Å². The summed E-state index contributed by atoms with van der Waals surface area (Å²) in [7, 11) is 0. The Balaban J connectivity index is 2.70. The minimum atomic E-state index is 0.0695. The summed E-state index contributed by atoms with van der Waals surface area (Å²) in [5.41, 5.74) is 7.64. The van der Waals surface area contributed by atoms with Gasteiger partial charge in [0.15, 0.2) is 0 Å². The van der Waals surface area contributed by atoms with Crippen molar-refractivity contribution in [3.05, 3.63) is 35.4 Å². The molecule has 1 aromatic rings. The normalized spacial score (nSPS) is 11.7. The number of carbonyl (C=O) groups excluding carboxylic acids is 1. The van der Waals surface area contributed by atoms with Gasteiger partial charge in [-0.2, -0.15) is 0 Å². The number of hydrogen-bond acceptors (Lipinski definition) is 3. The molecular weight excluding hydrogens is 266 g/mol. The molecule has 0 aliphatic heterocycles. The van der Waals surface area contributed by atoms with Crippen molar-refractivity contribution < 1.29 is 10.0 Å². The molecule has 5 heteroatoms. The Morgan fingerprint density at radius 2 is 2.14 bits per heavy atom. The SMILES string of the molecule is Cc1cccc(CC(=O)N(CCC(N)=NO)CC(C)C)c1. The summed E-state index contributed by atoms with van der Waals surface area (Å²) in [5.74, 6) is 0.589. The van der Waals surface area contributed by atoms with E-state index in [4.69, 9.17) is 10.9 Å². The van der Waals surface area contributed by atoms with Gasteiger partial charge in [-0.15, -0.1) is 0 Å². The number of nitrogens with zero attached hydrogens (tertiary/aromatic N) is 2. The van der Waals surface area contributed by atoms with Crippen molar-refractivity contribution in [1.82, 2.24) is 4.90 Å². The molecule has 0 aromatic heterocycles. The third-order valence-electron chi connectivity index (χ3n) is 3.14. The molecule has 0 unspecified atom stereocenters. The van der Waals surface area contributed by atoms with E-state index in [0.717, 1.165) is 11.1 Å². The zero-order valence-corrected chi connectivity index (χ0v) is 13.0. The van der Waals surface area contributed by atoms with Gasteiger partial charge in [-0.3, -0.25) is 4.79 Å². The first-order chi connectivity index (χ1) is 9.92. The van der Waals surface area contributed by atoms with Gasteiger partial charge in [0.1, 0.15) is 5.84 Å². The summed E-state index contributed by atoms with van der Waals surface area (Å²) in [4.78, 5) is 14.2. The largest absolute Gasteiger partial charge is 0.409 e. The highest BCUT2D eigenvalue weighted by atomic mass is 16.4. The summed E-state index contributed by atoms with van der Waals surface area (Å²) < 4.78 is 0. The van der Waals surface area contributed by atoms with Gasteiger partial charge >= 0.3 is 0 Å². The van der Waals surface area contributed by atoms with Gasteiger partial charge in [0, 0.05) is 19.5 Å². The first-order valence-corrected chi connectivity index (χ1v) is 7.22. The molecule has 0 bridgehead atoms. The van der Waals surface area contributed by atoms with Crippen molar-refractivity contribution in [2.75, 3.05) is 13.1 Å². The number of oxime groups is 1. The number of amidine groups is 1. The second-order valence-electron chi connectivity index (χ2n) is 5.74. The summed E-state index contributed by atoms with van der Waals surface area (Å²) in [6.45, 7) is 7.28.